The van der Waals surface area contributed by atoms with Crippen molar-refractivity contribution >= 4 is 5.97 Å². The molecule has 0 aliphatic rings. The lowest BCUT2D eigenvalue weighted by molar-refractivity contribution is -0.144. The van der Waals surface area contributed by atoms with Crippen LogP contribution in [0.1, 0.15) is 77.6 Å². The van der Waals surface area contributed by atoms with Gasteiger partial charge >= 0.3 is 5.97 Å². The van der Waals surface area contributed by atoms with Gasteiger partial charge in [-0.25, -0.2) is 0 Å². The van der Waals surface area contributed by atoms with E-state index < -0.39 is 0 Å². The van der Waals surface area contributed by atoms with E-state index in [2.05, 4.69) is 43.4 Å². The van der Waals surface area contributed by atoms with E-state index in [1.807, 2.05) is 0 Å². The fourth-order valence-corrected chi connectivity index (χ4v) is 2.35. The molecule has 0 aromatic heterocycles. The quantitative estimate of drug-likeness (QED) is 0.179. The van der Waals surface area contributed by atoms with Gasteiger partial charge in [-0.05, 0) is 38.5 Å². The van der Waals surface area contributed by atoms with Gasteiger partial charge in [-0.15, -0.1) is 0 Å². The Hall–Kier alpha value is -1.35. The molecule has 0 aliphatic heterocycles. The Bertz CT molecular complexity index is 369. The maximum atomic E-state index is 11.5. The van der Waals surface area contributed by atoms with Gasteiger partial charge in [0.15, 0.2) is 0 Å². The highest BCUT2D eigenvalue weighted by Crippen LogP contribution is 2.08. The molecule has 0 saturated heterocycles. The van der Waals surface area contributed by atoms with Gasteiger partial charge in [0, 0.05) is 26.6 Å². The molecule has 0 amide bonds. The van der Waals surface area contributed by atoms with Gasteiger partial charge in [0.05, 0.1) is 6.61 Å². The normalized spacial score (nSPS) is 11.9. The van der Waals surface area contributed by atoms with Crippen molar-refractivity contribution in [1.82, 2.24) is 0 Å². The summed E-state index contributed by atoms with van der Waals surface area (Å²) in [6.07, 6.45) is 24.8. The summed E-state index contributed by atoms with van der Waals surface area (Å²) < 4.78 is 10.0. The van der Waals surface area contributed by atoms with Crippen molar-refractivity contribution in [2.45, 2.75) is 77.6 Å². The third-order valence-corrected chi connectivity index (χ3v) is 3.79. The summed E-state index contributed by atoms with van der Waals surface area (Å²) in [6.45, 7) is 3.28. The Morgan fingerprint density at radius 3 is 2.12 bits per heavy atom. The van der Waals surface area contributed by atoms with Gasteiger partial charge in [0.25, 0.3) is 0 Å². The van der Waals surface area contributed by atoms with Crippen LogP contribution >= 0.6 is 0 Å². The minimum absolute atomic E-state index is 0.0720. The van der Waals surface area contributed by atoms with Crippen molar-refractivity contribution in [1.29, 1.82) is 0 Å². The molecule has 0 aliphatic carbocycles. The smallest absolute Gasteiger partial charge is 0.305 e. The fraction of sp³-hybridized carbons (Fsp3) is 0.682. The molecular formula is C22H38O3. The van der Waals surface area contributed by atoms with Gasteiger partial charge < -0.3 is 9.47 Å². The summed E-state index contributed by atoms with van der Waals surface area (Å²) in [7, 11) is 1.65. The molecule has 0 aromatic carbocycles. The lowest BCUT2D eigenvalue weighted by Crippen LogP contribution is -2.07. The first-order chi connectivity index (χ1) is 12.3. The Labute approximate surface area is 155 Å². The molecule has 0 N–H and O–H groups in total. The Kier molecular flexibility index (Phi) is 19.6. The third kappa shape index (κ3) is 20.6. The van der Waals surface area contributed by atoms with E-state index in [-0.39, 0.29) is 5.97 Å². The molecule has 0 unspecified atom stereocenters. The molecule has 0 radical (unpaired) electrons. The largest absolute Gasteiger partial charge is 0.466 e. The van der Waals surface area contributed by atoms with Crippen molar-refractivity contribution in [2.24, 2.45) is 0 Å². The van der Waals surface area contributed by atoms with Crippen molar-refractivity contribution < 1.29 is 14.3 Å². The van der Waals surface area contributed by atoms with E-state index in [1.165, 1.54) is 19.3 Å². The molecule has 0 aromatic rings. The van der Waals surface area contributed by atoms with E-state index in [4.69, 9.17) is 9.47 Å². The zero-order valence-corrected chi connectivity index (χ0v) is 16.4. The Morgan fingerprint density at radius 1 is 0.760 bits per heavy atom. The molecule has 0 fully saturated rings. The summed E-state index contributed by atoms with van der Waals surface area (Å²) in [5, 5.41) is 0. The minimum Gasteiger partial charge on any atom is -0.466 e. The van der Waals surface area contributed by atoms with Gasteiger partial charge in [-0.3, -0.25) is 4.79 Å². The second-order valence-corrected chi connectivity index (χ2v) is 6.17. The van der Waals surface area contributed by atoms with Gasteiger partial charge in [0.1, 0.15) is 0 Å². The predicted octanol–water partition coefficient (Wildman–Crippen LogP) is 6.16. The molecule has 0 bridgehead atoms. The number of allylic oxidation sites excluding steroid dienone is 6. The standard InChI is InChI=1S/C22H38O3/c1-3-4-5-6-7-8-9-10-11-12-13-14-15-16-17-19-22(23)25-21-18-20-24-2/h4-5,7-8,10-11H,3,6,9,12-21H2,1-2H3. The van der Waals surface area contributed by atoms with Crippen LogP contribution in [-0.2, 0) is 14.3 Å². The molecule has 0 saturated carbocycles. The number of methoxy groups -OCH3 is 1. The van der Waals surface area contributed by atoms with E-state index in [0.717, 1.165) is 44.9 Å². The first kappa shape index (κ1) is 23.6. The number of unbranched alkanes of at least 4 members (excludes halogenated alkanes) is 5. The average Bonchev–Trinajstić information content (AvgIpc) is 2.62. The number of carbonyl (C=O) groups is 1. The summed E-state index contributed by atoms with van der Waals surface area (Å²) in [6, 6.07) is 0. The highest BCUT2D eigenvalue weighted by atomic mass is 16.5. The van der Waals surface area contributed by atoms with E-state index in [0.29, 0.717) is 19.6 Å². The monoisotopic (exact) mass is 350 g/mol. The molecule has 25 heavy (non-hydrogen) atoms. The predicted molar refractivity (Wildman–Crippen MR) is 107 cm³/mol. The topological polar surface area (TPSA) is 35.5 Å². The van der Waals surface area contributed by atoms with E-state index in [1.54, 1.807) is 7.11 Å². The van der Waals surface area contributed by atoms with Crippen LogP contribution in [0.4, 0.5) is 0 Å². The number of hydrogen-bond donors (Lipinski definition) is 0. The number of esters is 1. The number of hydrogen-bond acceptors (Lipinski definition) is 3. The van der Waals surface area contributed by atoms with Crippen LogP contribution < -0.4 is 0 Å². The summed E-state index contributed by atoms with van der Waals surface area (Å²) in [4.78, 5) is 11.5. The van der Waals surface area contributed by atoms with Crippen LogP contribution in [0, 0.1) is 0 Å². The summed E-state index contributed by atoms with van der Waals surface area (Å²) >= 11 is 0. The van der Waals surface area contributed by atoms with E-state index >= 15 is 0 Å². The zero-order chi connectivity index (χ0) is 18.4. The van der Waals surface area contributed by atoms with Crippen LogP contribution in [0.3, 0.4) is 0 Å². The molecule has 144 valence electrons. The Morgan fingerprint density at radius 2 is 1.40 bits per heavy atom. The maximum absolute atomic E-state index is 11.5. The molecule has 0 heterocycles. The molecular weight excluding hydrogens is 312 g/mol. The first-order valence-electron chi connectivity index (χ1n) is 9.90. The molecule has 3 heteroatoms. The van der Waals surface area contributed by atoms with Gasteiger partial charge in [0.2, 0.25) is 0 Å². The Balaban J connectivity index is 3.28. The lowest BCUT2D eigenvalue weighted by atomic mass is 10.1. The van der Waals surface area contributed by atoms with Crippen LogP contribution in [0.25, 0.3) is 0 Å². The second kappa shape index (κ2) is 20.7. The van der Waals surface area contributed by atoms with Crippen LogP contribution in [0.5, 0.6) is 0 Å². The number of carbonyl (C=O) groups excluding carboxylic acids is 1. The third-order valence-electron chi connectivity index (χ3n) is 3.79. The van der Waals surface area contributed by atoms with Crippen molar-refractivity contribution in [3.8, 4) is 0 Å². The van der Waals surface area contributed by atoms with Gasteiger partial charge in [-0.1, -0.05) is 62.6 Å². The number of rotatable bonds is 17. The van der Waals surface area contributed by atoms with Crippen LogP contribution in [0.2, 0.25) is 0 Å². The zero-order valence-electron chi connectivity index (χ0n) is 16.4. The number of ether oxygens (including phenoxy) is 2. The maximum Gasteiger partial charge on any atom is 0.305 e. The fourth-order valence-electron chi connectivity index (χ4n) is 2.35. The minimum atomic E-state index is -0.0720. The first-order valence-corrected chi connectivity index (χ1v) is 9.90. The molecule has 0 spiro atoms. The average molecular weight is 351 g/mol. The van der Waals surface area contributed by atoms with Gasteiger partial charge in [-0.2, -0.15) is 0 Å². The SMILES string of the molecule is CCC=CCC=CCC=CCCCCCCCC(=O)OCCCOC. The summed E-state index contributed by atoms with van der Waals surface area (Å²) in [5.74, 6) is -0.0720. The molecule has 3 nitrogen and oxygen atoms in total. The highest BCUT2D eigenvalue weighted by Gasteiger charge is 2.01. The van der Waals surface area contributed by atoms with Crippen molar-refractivity contribution in [3.05, 3.63) is 36.5 Å². The molecule has 0 atom stereocenters. The lowest BCUT2D eigenvalue weighted by Gasteiger charge is -2.04. The van der Waals surface area contributed by atoms with Crippen molar-refractivity contribution in [2.75, 3.05) is 20.3 Å². The van der Waals surface area contributed by atoms with Crippen LogP contribution in [0.15, 0.2) is 36.5 Å². The highest BCUT2D eigenvalue weighted by molar-refractivity contribution is 5.69. The van der Waals surface area contributed by atoms with E-state index in [9.17, 15) is 4.79 Å². The van der Waals surface area contributed by atoms with Crippen molar-refractivity contribution in [3.63, 3.8) is 0 Å². The second-order valence-electron chi connectivity index (χ2n) is 6.17. The van der Waals surface area contributed by atoms with Crippen LogP contribution in [-0.4, -0.2) is 26.3 Å². The molecule has 0 rings (SSSR count). The summed E-state index contributed by atoms with van der Waals surface area (Å²) in [5.41, 5.74) is 0.